The Morgan fingerprint density at radius 2 is 1.78 bits per heavy atom. The molecular weight excluding hydrogens is 340 g/mol. The van der Waals surface area contributed by atoms with Crippen molar-refractivity contribution in [2.24, 2.45) is 13.0 Å². The van der Waals surface area contributed by atoms with Gasteiger partial charge in [0.05, 0.1) is 0 Å². The van der Waals surface area contributed by atoms with Gasteiger partial charge in [-0.15, -0.1) is 0 Å². The van der Waals surface area contributed by atoms with E-state index in [1.54, 1.807) is 31.0 Å². The minimum Gasteiger partial charge on any atom is -0.359 e. The van der Waals surface area contributed by atoms with Gasteiger partial charge in [0.2, 0.25) is 5.91 Å². The number of benzene rings is 1. The van der Waals surface area contributed by atoms with Crippen molar-refractivity contribution in [2.45, 2.75) is 32.1 Å². The third kappa shape index (κ3) is 4.96. The molecule has 6 nitrogen and oxygen atoms in total. The Balaban J connectivity index is 1.47. The second kappa shape index (κ2) is 8.84. The van der Waals surface area contributed by atoms with Crippen molar-refractivity contribution < 1.29 is 9.59 Å². The smallest absolute Gasteiger partial charge is 0.272 e. The van der Waals surface area contributed by atoms with Gasteiger partial charge in [-0.1, -0.05) is 24.3 Å². The van der Waals surface area contributed by atoms with Crippen LogP contribution in [0.5, 0.6) is 0 Å². The van der Waals surface area contributed by atoms with E-state index in [9.17, 15) is 9.59 Å². The molecule has 0 spiro atoms. The molecule has 0 aliphatic carbocycles. The fourth-order valence-electron chi connectivity index (χ4n) is 3.64. The molecule has 6 heteroatoms. The summed E-state index contributed by atoms with van der Waals surface area (Å²) < 4.78 is 1.64. The van der Waals surface area contributed by atoms with E-state index in [2.05, 4.69) is 34.7 Å². The van der Waals surface area contributed by atoms with Gasteiger partial charge in [-0.05, 0) is 48.8 Å². The van der Waals surface area contributed by atoms with Gasteiger partial charge in [-0.2, -0.15) is 5.10 Å². The third-order valence-electron chi connectivity index (χ3n) is 5.41. The number of piperidine rings is 1. The molecule has 0 atom stereocenters. The number of likely N-dealkylation sites (tertiary alicyclic amines) is 1. The van der Waals surface area contributed by atoms with E-state index in [1.807, 2.05) is 4.90 Å². The van der Waals surface area contributed by atoms with Crippen LogP contribution in [-0.2, 0) is 24.7 Å². The Kier molecular flexibility index (Phi) is 6.27. The van der Waals surface area contributed by atoms with Crippen LogP contribution in [0.3, 0.4) is 0 Å². The summed E-state index contributed by atoms with van der Waals surface area (Å²) in [5.74, 6) is 0.762. The van der Waals surface area contributed by atoms with E-state index < -0.39 is 0 Å². The van der Waals surface area contributed by atoms with Crippen LogP contribution in [0.25, 0.3) is 0 Å². The summed E-state index contributed by atoms with van der Waals surface area (Å²) >= 11 is 0. The normalized spacial score (nSPS) is 15.0. The van der Waals surface area contributed by atoms with E-state index in [0.717, 1.165) is 38.8 Å². The van der Waals surface area contributed by atoms with Gasteiger partial charge in [-0.25, -0.2) is 0 Å². The van der Waals surface area contributed by atoms with Crippen LogP contribution >= 0.6 is 0 Å². The quantitative estimate of drug-likeness (QED) is 0.850. The van der Waals surface area contributed by atoms with Crippen LogP contribution in [0.1, 0.15) is 40.9 Å². The highest BCUT2D eigenvalue weighted by atomic mass is 16.2. The van der Waals surface area contributed by atoms with Crippen LogP contribution in [-0.4, -0.2) is 46.6 Å². The summed E-state index contributed by atoms with van der Waals surface area (Å²) in [6.45, 7) is 1.61. The summed E-state index contributed by atoms with van der Waals surface area (Å²) in [5.41, 5.74) is 3.18. The molecular formula is C21H28N4O2. The number of nitrogens with one attached hydrogen (secondary N) is 1. The topological polar surface area (TPSA) is 67.2 Å². The minimum atomic E-state index is 0.0755. The van der Waals surface area contributed by atoms with Gasteiger partial charge in [0.25, 0.3) is 5.91 Å². The number of amides is 2. The Hall–Kier alpha value is -2.63. The van der Waals surface area contributed by atoms with Crippen molar-refractivity contribution in [3.8, 4) is 0 Å². The summed E-state index contributed by atoms with van der Waals surface area (Å²) in [6.07, 6.45) is 6.07. The Bertz CT molecular complexity index is 774. The average Bonchev–Trinajstić information content (AvgIpc) is 3.13. The van der Waals surface area contributed by atoms with Gasteiger partial charge in [0, 0.05) is 39.8 Å². The first-order valence-corrected chi connectivity index (χ1v) is 9.62. The molecule has 0 saturated carbocycles. The maximum Gasteiger partial charge on any atom is 0.272 e. The van der Waals surface area contributed by atoms with Crippen LogP contribution < -0.4 is 5.32 Å². The number of hydrogen-bond donors (Lipinski definition) is 1. The fraction of sp³-hybridized carbons (Fsp3) is 0.476. The molecule has 2 heterocycles. The largest absolute Gasteiger partial charge is 0.359 e. The lowest BCUT2D eigenvalue weighted by Crippen LogP contribution is -2.39. The molecule has 1 aliphatic rings. The predicted molar refractivity (Wildman–Crippen MR) is 104 cm³/mol. The zero-order valence-corrected chi connectivity index (χ0v) is 16.1. The molecule has 1 aliphatic heterocycles. The number of carbonyl (C=O) groups excluding carboxylic acids is 2. The second-order valence-corrected chi connectivity index (χ2v) is 7.27. The number of aromatic nitrogens is 2. The average molecular weight is 368 g/mol. The zero-order chi connectivity index (χ0) is 19.2. The Morgan fingerprint density at radius 3 is 2.37 bits per heavy atom. The molecule has 3 rings (SSSR count). The molecule has 1 saturated heterocycles. The Labute approximate surface area is 160 Å². The van der Waals surface area contributed by atoms with E-state index in [-0.39, 0.29) is 11.8 Å². The van der Waals surface area contributed by atoms with Gasteiger partial charge in [0.15, 0.2) is 0 Å². The van der Waals surface area contributed by atoms with E-state index >= 15 is 0 Å². The lowest BCUT2D eigenvalue weighted by molar-refractivity contribution is -0.120. The molecule has 2 aromatic rings. The number of nitrogens with zero attached hydrogens (tertiary/aromatic N) is 3. The maximum atomic E-state index is 12.6. The van der Waals surface area contributed by atoms with Crippen LogP contribution in [0, 0.1) is 5.92 Å². The maximum absolute atomic E-state index is 12.6. The molecule has 1 aromatic heterocycles. The summed E-state index contributed by atoms with van der Waals surface area (Å²) in [6, 6.07) is 10.4. The van der Waals surface area contributed by atoms with Crippen molar-refractivity contribution in [1.29, 1.82) is 0 Å². The van der Waals surface area contributed by atoms with Crippen molar-refractivity contribution in [1.82, 2.24) is 20.0 Å². The number of hydrogen-bond acceptors (Lipinski definition) is 3. The standard InChI is InChI=1S/C21H28N4O2/c1-22-20(26)8-7-16-3-5-17(6-4-16)15-18-10-13-25(14-11-18)21(27)19-9-12-23-24(19)2/h3-6,9,12,18H,7-8,10-11,13-15H2,1-2H3,(H,22,26). The molecule has 144 valence electrons. The predicted octanol–water partition coefficient (Wildman–Crippen LogP) is 2.19. The van der Waals surface area contributed by atoms with Gasteiger partial charge in [-0.3, -0.25) is 14.3 Å². The highest BCUT2D eigenvalue weighted by Crippen LogP contribution is 2.23. The van der Waals surface area contributed by atoms with Crippen molar-refractivity contribution in [3.63, 3.8) is 0 Å². The SMILES string of the molecule is CNC(=O)CCc1ccc(CC2CCN(C(=O)c3ccnn3C)CC2)cc1. The minimum absolute atomic E-state index is 0.0755. The molecule has 27 heavy (non-hydrogen) atoms. The van der Waals surface area contributed by atoms with E-state index in [1.165, 1.54) is 11.1 Å². The molecule has 2 amide bonds. The molecule has 1 N–H and O–H groups in total. The third-order valence-corrected chi connectivity index (χ3v) is 5.41. The van der Waals surface area contributed by atoms with Gasteiger partial charge < -0.3 is 10.2 Å². The Morgan fingerprint density at radius 1 is 1.11 bits per heavy atom. The molecule has 1 fully saturated rings. The fourth-order valence-corrected chi connectivity index (χ4v) is 3.64. The van der Waals surface area contributed by atoms with Crippen molar-refractivity contribution in [3.05, 3.63) is 53.3 Å². The van der Waals surface area contributed by atoms with Crippen molar-refractivity contribution >= 4 is 11.8 Å². The van der Waals surface area contributed by atoms with Gasteiger partial charge in [0.1, 0.15) is 5.69 Å². The molecule has 0 unspecified atom stereocenters. The van der Waals surface area contributed by atoms with Crippen molar-refractivity contribution in [2.75, 3.05) is 20.1 Å². The van der Waals surface area contributed by atoms with E-state index in [4.69, 9.17) is 0 Å². The van der Waals surface area contributed by atoms with E-state index in [0.29, 0.717) is 18.0 Å². The first-order chi connectivity index (χ1) is 13.1. The monoisotopic (exact) mass is 368 g/mol. The van der Waals surface area contributed by atoms with Gasteiger partial charge >= 0.3 is 0 Å². The highest BCUT2D eigenvalue weighted by Gasteiger charge is 2.25. The zero-order valence-electron chi connectivity index (χ0n) is 16.1. The lowest BCUT2D eigenvalue weighted by atomic mass is 9.89. The summed E-state index contributed by atoms with van der Waals surface area (Å²) in [5, 5.41) is 6.74. The van der Waals surface area contributed by atoms with Crippen LogP contribution in [0.4, 0.5) is 0 Å². The number of carbonyl (C=O) groups is 2. The first kappa shape index (κ1) is 19.1. The highest BCUT2D eigenvalue weighted by molar-refractivity contribution is 5.92. The summed E-state index contributed by atoms with van der Waals surface area (Å²) in [7, 11) is 3.47. The van der Waals surface area contributed by atoms with Crippen LogP contribution in [0.15, 0.2) is 36.5 Å². The lowest BCUT2D eigenvalue weighted by Gasteiger charge is -2.32. The molecule has 0 bridgehead atoms. The second-order valence-electron chi connectivity index (χ2n) is 7.27. The summed E-state index contributed by atoms with van der Waals surface area (Å²) in [4.78, 5) is 25.8. The molecule has 1 aromatic carbocycles. The number of aryl methyl sites for hydroxylation is 2. The molecule has 0 radical (unpaired) electrons. The van der Waals surface area contributed by atoms with Crippen LogP contribution in [0.2, 0.25) is 0 Å². The first-order valence-electron chi connectivity index (χ1n) is 9.62. The number of rotatable bonds is 6.